The molecule has 3 aromatic heterocycles. The highest BCUT2D eigenvalue weighted by molar-refractivity contribution is 7.18. The molecule has 0 amide bonds. The maximum Gasteiger partial charge on any atom is 0.298 e. The van der Waals surface area contributed by atoms with E-state index in [1.807, 2.05) is 56.4 Å². The third-order valence-electron chi connectivity index (χ3n) is 9.70. The van der Waals surface area contributed by atoms with Crippen molar-refractivity contribution in [1.29, 1.82) is 0 Å². The first-order valence-corrected chi connectivity index (χ1v) is 18.3. The number of nitrogens with two attached hydrogens (primary N) is 1. The Morgan fingerprint density at radius 1 is 1.04 bits per heavy atom. The molecule has 5 heterocycles. The van der Waals surface area contributed by atoms with Gasteiger partial charge in [-0.3, -0.25) is 18.9 Å². The molecule has 0 saturated carbocycles. The number of nitrogen functional groups attached to an aromatic ring is 1. The number of nitrogens with one attached hydrogen (secondary N) is 1. The second-order valence-corrected chi connectivity index (χ2v) is 14.3. The van der Waals surface area contributed by atoms with Crippen molar-refractivity contribution in [2.75, 3.05) is 36.9 Å². The molecule has 3 aromatic carbocycles. The average Bonchev–Trinajstić information content (AvgIpc) is 3.82. The van der Waals surface area contributed by atoms with Crippen molar-refractivity contribution in [3.05, 3.63) is 118 Å². The minimum absolute atomic E-state index is 0.0584. The van der Waals surface area contributed by atoms with Crippen molar-refractivity contribution >= 4 is 38.9 Å². The summed E-state index contributed by atoms with van der Waals surface area (Å²) in [6, 6.07) is 21.0. The van der Waals surface area contributed by atoms with E-state index in [4.69, 9.17) is 10.5 Å². The molecular weight excluding hydrogens is 701 g/mol. The predicted octanol–water partition coefficient (Wildman–Crippen LogP) is 5.33. The lowest BCUT2D eigenvalue weighted by Gasteiger charge is -2.38. The van der Waals surface area contributed by atoms with Crippen molar-refractivity contribution < 1.29 is 18.6 Å². The van der Waals surface area contributed by atoms with E-state index in [0.717, 1.165) is 54.0 Å². The largest absolute Gasteiger partial charge is 0.490 e. The lowest BCUT2D eigenvalue weighted by molar-refractivity contribution is 0.0393. The topological polar surface area (TPSA) is 140 Å². The van der Waals surface area contributed by atoms with E-state index in [1.165, 1.54) is 29.8 Å². The van der Waals surface area contributed by atoms with Crippen molar-refractivity contribution in [2.24, 2.45) is 7.05 Å². The molecule has 4 N–H and O–H groups in total. The fraction of sp³-hybridized carbons (Fsp3) is 0.316. The van der Waals surface area contributed by atoms with Crippen molar-refractivity contribution in [3.8, 4) is 11.4 Å². The van der Waals surface area contributed by atoms with Crippen LogP contribution in [0.1, 0.15) is 36.3 Å². The van der Waals surface area contributed by atoms with Gasteiger partial charge in [0.15, 0.2) is 5.82 Å². The van der Waals surface area contributed by atoms with Crippen LogP contribution in [0.5, 0.6) is 5.75 Å². The number of likely N-dealkylation sites (tertiary alicyclic amines) is 1. The molecule has 6 aromatic rings. The monoisotopic (exact) mass is 741 g/mol. The van der Waals surface area contributed by atoms with E-state index in [1.54, 1.807) is 15.6 Å². The molecule has 15 heteroatoms. The number of thiophene rings is 1. The van der Waals surface area contributed by atoms with E-state index >= 15 is 0 Å². The molecule has 1 saturated heterocycles. The first-order valence-electron chi connectivity index (χ1n) is 17.5. The second kappa shape index (κ2) is 15.8. The molecule has 0 bridgehead atoms. The molecular formula is C38H41F2N9O3S. The van der Waals surface area contributed by atoms with Gasteiger partial charge in [0, 0.05) is 61.0 Å². The molecule has 53 heavy (non-hydrogen) atoms. The number of piperidine rings is 1. The zero-order valence-electron chi connectivity index (χ0n) is 29.4. The van der Waals surface area contributed by atoms with E-state index in [-0.39, 0.29) is 29.0 Å². The number of aliphatic hydroxyl groups excluding tert-OH is 1. The zero-order chi connectivity index (χ0) is 37.1. The third kappa shape index (κ3) is 7.93. The zero-order valence-corrected chi connectivity index (χ0v) is 30.2. The van der Waals surface area contributed by atoms with Gasteiger partial charge < -0.3 is 25.8 Å². The minimum Gasteiger partial charge on any atom is -0.490 e. The second-order valence-electron chi connectivity index (χ2n) is 13.1. The van der Waals surface area contributed by atoms with Crippen LogP contribution in [-0.4, -0.2) is 72.6 Å². The van der Waals surface area contributed by atoms with Gasteiger partial charge in [-0.25, -0.2) is 18.7 Å². The fourth-order valence-corrected chi connectivity index (χ4v) is 7.80. The number of rotatable bonds is 8. The Hall–Kier alpha value is -5.22. The van der Waals surface area contributed by atoms with Gasteiger partial charge >= 0.3 is 0 Å². The Morgan fingerprint density at radius 3 is 2.53 bits per heavy atom. The average molecular weight is 742 g/mol. The third-order valence-corrected chi connectivity index (χ3v) is 10.7. The van der Waals surface area contributed by atoms with Gasteiger partial charge in [-0.05, 0) is 62.2 Å². The van der Waals surface area contributed by atoms with Gasteiger partial charge in [0.25, 0.3) is 5.56 Å². The van der Waals surface area contributed by atoms with Gasteiger partial charge in [0.2, 0.25) is 0 Å². The summed E-state index contributed by atoms with van der Waals surface area (Å²) in [4.78, 5) is 27.6. The predicted molar refractivity (Wildman–Crippen MR) is 202 cm³/mol. The number of aromatic nitrogens is 5. The summed E-state index contributed by atoms with van der Waals surface area (Å²) in [6.45, 7) is 5.16. The first-order chi connectivity index (χ1) is 25.7. The Kier molecular flexibility index (Phi) is 10.8. The molecule has 2 aliphatic rings. The van der Waals surface area contributed by atoms with Crippen LogP contribution < -0.4 is 26.2 Å². The summed E-state index contributed by atoms with van der Waals surface area (Å²) in [6.07, 6.45) is 3.78. The normalized spacial score (nSPS) is 16.1. The molecule has 0 spiro atoms. The Balaban J connectivity index is 0.000000661. The number of aryl methyl sites for hydroxylation is 1. The van der Waals surface area contributed by atoms with Crippen molar-refractivity contribution in [3.63, 3.8) is 0 Å². The molecule has 2 atom stereocenters. The van der Waals surface area contributed by atoms with Crippen LogP contribution in [-0.2, 0) is 13.6 Å². The van der Waals surface area contributed by atoms with E-state index in [9.17, 15) is 18.7 Å². The van der Waals surface area contributed by atoms with Crippen molar-refractivity contribution in [2.45, 2.75) is 44.5 Å². The van der Waals surface area contributed by atoms with Crippen LogP contribution >= 0.6 is 11.3 Å². The number of hydrogen-bond acceptors (Lipinski definition) is 11. The van der Waals surface area contributed by atoms with E-state index in [0.29, 0.717) is 35.7 Å². The molecule has 1 fully saturated rings. The number of aliphatic hydroxyl groups is 1. The Labute approximate surface area is 309 Å². The van der Waals surface area contributed by atoms with Crippen LogP contribution in [0.2, 0.25) is 0 Å². The molecule has 0 aliphatic carbocycles. The smallest absolute Gasteiger partial charge is 0.298 e. The minimum atomic E-state index is -1.06. The van der Waals surface area contributed by atoms with Crippen LogP contribution in [0.15, 0.2) is 90.2 Å². The molecule has 0 radical (unpaired) electrons. The van der Waals surface area contributed by atoms with Gasteiger partial charge in [-0.15, -0.1) is 11.3 Å². The molecule has 2 aliphatic heterocycles. The maximum absolute atomic E-state index is 14.3. The number of ether oxygens (including phenoxy) is 1. The summed E-state index contributed by atoms with van der Waals surface area (Å²) < 4.78 is 36.8. The van der Waals surface area contributed by atoms with Gasteiger partial charge in [0.05, 0.1) is 29.5 Å². The lowest BCUT2D eigenvalue weighted by Crippen LogP contribution is -2.47. The lowest BCUT2D eigenvalue weighted by atomic mass is 9.97. The van der Waals surface area contributed by atoms with Gasteiger partial charge in [-0.2, -0.15) is 5.10 Å². The molecule has 0 unspecified atom stereocenters. The standard InChI is InChI=1S/C35H36F2N6O3S.C3H5N3/c1-21(32(44)27-9-7-22(36)17-28(27)37)41-13-11-23(12-14-41)39-20-26-19-30-34(47-26)40-33(38)35(45)43(30)25-8-10-31-29(18-25)42(15-16-46-31)24-5-3-2-4-6-24;1-6-3-4-2-5-6/h2-10,17-19,21,23,32,39,44H,11-16,20H2,1H3,(H2,38,40);2-3H,1H3/t21-,32-;/m0./s1. The highest BCUT2D eigenvalue weighted by Crippen LogP contribution is 2.38. The molecule has 8 rings (SSSR count). The summed E-state index contributed by atoms with van der Waals surface area (Å²) in [5.41, 5.74) is 9.17. The number of hydrogen-bond donors (Lipinski definition) is 3. The summed E-state index contributed by atoms with van der Waals surface area (Å²) in [5, 5.41) is 18.2. The van der Waals surface area contributed by atoms with Gasteiger partial charge in [-0.1, -0.05) is 24.3 Å². The summed E-state index contributed by atoms with van der Waals surface area (Å²) in [7, 11) is 1.83. The van der Waals surface area contributed by atoms with Crippen LogP contribution in [0.4, 0.5) is 26.0 Å². The van der Waals surface area contributed by atoms with Gasteiger partial charge in [0.1, 0.15) is 41.5 Å². The van der Waals surface area contributed by atoms with E-state index < -0.39 is 17.7 Å². The summed E-state index contributed by atoms with van der Waals surface area (Å²) >= 11 is 1.50. The SMILES string of the molecule is C[C@@H]([C@H](O)c1ccc(F)cc1F)N1CCC(NCc2cc3c(nc(N)c(=O)n3-c3ccc4c(c3)N(c3ccccc3)CCO4)s2)CC1.Cn1cncn1. The van der Waals surface area contributed by atoms with Crippen molar-refractivity contribution in [1.82, 2.24) is 34.5 Å². The van der Waals surface area contributed by atoms with Crippen LogP contribution in [0, 0.1) is 11.6 Å². The summed E-state index contributed by atoms with van der Waals surface area (Å²) in [5.74, 6) is -0.705. The van der Waals surface area contributed by atoms with E-state index in [2.05, 4.69) is 42.3 Å². The number of anilines is 3. The van der Waals surface area contributed by atoms with Crippen LogP contribution in [0.3, 0.4) is 0 Å². The maximum atomic E-state index is 14.3. The highest BCUT2D eigenvalue weighted by atomic mass is 32.1. The number of benzene rings is 3. The fourth-order valence-electron chi connectivity index (χ4n) is 6.83. The molecule has 276 valence electrons. The number of para-hydroxylation sites is 1. The Morgan fingerprint density at radius 2 is 1.83 bits per heavy atom. The number of halogens is 2. The highest BCUT2D eigenvalue weighted by Gasteiger charge is 2.29. The number of fused-ring (bicyclic) bond motifs is 2. The Bertz CT molecular complexity index is 2220. The first kappa shape index (κ1) is 36.2. The number of nitrogens with zero attached hydrogens (tertiary/aromatic N) is 7. The quantitative estimate of drug-likeness (QED) is 0.188. The van der Waals surface area contributed by atoms with Crippen LogP contribution in [0.25, 0.3) is 16.0 Å². The molecule has 12 nitrogen and oxygen atoms in total.